The van der Waals surface area contributed by atoms with Gasteiger partial charge in [0, 0.05) is 17.0 Å². The molecule has 2 aromatic rings. The Morgan fingerprint density at radius 2 is 2.05 bits per heavy atom. The second kappa shape index (κ2) is 6.09. The predicted octanol–water partition coefficient (Wildman–Crippen LogP) is 2.62. The highest BCUT2D eigenvalue weighted by molar-refractivity contribution is 5.91. The van der Waals surface area contributed by atoms with E-state index in [1.807, 2.05) is 24.3 Å². The number of aromatic nitrogens is 1. The molecule has 2 heterocycles. The summed E-state index contributed by atoms with van der Waals surface area (Å²) in [5.41, 5.74) is 0. The summed E-state index contributed by atoms with van der Waals surface area (Å²) < 4.78 is 11.3. The highest BCUT2D eigenvalue weighted by Gasteiger charge is 2.15. The number of hydrogen-bond acceptors (Lipinski definition) is 4. The Morgan fingerprint density at radius 1 is 1.20 bits per heavy atom. The summed E-state index contributed by atoms with van der Waals surface area (Å²) in [7, 11) is 1.69. The Morgan fingerprint density at radius 3 is 2.85 bits per heavy atom. The Kier molecular flexibility index (Phi) is 4.02. The number of methoxy groups -OCH3 is 1. The number of rotatable bonds is 4. The molecule has 1 N–H and O–H groups in total. The number of piperidine rings is 1. The number of hydrogen-bond donors (Lipinski definition) is 1. The second-order valence-corrected chi connectivity index (χ2v) is 5.18. The van der Waals surface area contributed by atoms with E-state index in [4.69, 9.17) is 9.47 Å². The van der Waals surface area contributed by atoms with Crippen molar-refractivity contribution < 1.29 is 9.47 Å². The molecule has 1 aromatic carbocycles. The largest absolute Gasteiger partial charge is 0.496 e. The molecule has 0 bridgehead atoms. The van der Waals surface area contributed by atoms with Gasteiger partial charge in [-0.1, -0.05) is 6.07 Å². The van der Waals surface area contributed by atoms with Gasteiger partial charge in [0.05, 0.1) is 13.7 Å². The fraction of sp³-hybridized carbons (Fsp3) is 0.438. The summed E-state index contributed by atoms with van der Waals surface area (Å²) in [6.45, 7) is 2.92. The first kappa shape index (κ1) is 13.2. The highest BCUT2D eigenvalue weighted by Crippen LogP contribution is 2.30. The molecule has 1 aliphatic rings. The SMILES string of the molecule is COc1cccc2c(OCC3CCNCC3)nccc12. The van der Waals surface area contributed by atoms with Crippen LogP contribution in [0.3, 0.4) is 0 Å². The van der Waals surface area contributed by atoms with Gasteiger partial charge in [0.1, 0.15) is 5.75 Å². The molecule has 0 atom stereocenters. The van der Waals surface area contributed by atoms with E-state index in [1.54, 1.807) is 13.3 Å². The van der Waals surface area contributed by atoms with Crippen LogP contribution in [0, 0.1) is 5.92 Å². The normalized spacial score (nSPS) is 16.2. The van der Waals surface area contributed by atoms with E-state index in [0.29, 0.717) is 11.8 Å². The zero-order valence-electron chi connectivity index (χ0n) is 11.8. The first-order valence-corrected chi connectivity index (χ1v) is 7.13. The average molecular weight is 272 g/mol. The molecule has 0 aliphatic carbocycles. The van der Waals surface area contributed by atoms with Crippen LogP contribution in [-0.4, -0.2) is 31.8 Å². The van der Waals surface area contributed by atoms with Gasteiger partial charge in [0.15, 0.2) is 0 Å². The number of pyridine rings is 1. The smallest absolute Gasteiger partial charge is 0.221 e. The number of fused-ring (bicyclic) bond motifs is 1. The van der Waals surface area contributed by atoms with Crippen LogP contribution in [0.25, 0.3) is 10.8 Å². The van der Waals surface area contributed by atoms with Crippen molar-refractivity contribution in [3.63, 3.8) is 0 Å². The molecule has 1 aromatic heterocycles. The summed E-state index contributed by atoms with van der Waals surface area (Å²) in [6, 6.07) is 7.92. The molecule has 1 saturated heterocycles. The molecule has 0 spiro atoms. The number of ether oxygens (including phenoxy) is 2. The highest BCUT2D eigenvalue weighted by atomic mass is 16.5. The van der Waals surface area contributed by atoms with Crippen molar-refractivity contribution in [3.8, 4) is 11.6 Å². The lowest BCUT2D eigenvalue weighted by molar-refractivity contribution is 0.211. The topological polar surface area (TPSA) is 43.4 Å². The second-order valence-electron chi connectivity index (χ2n) is 5.18. The molecule has 0 amide bonds. The molecule has 1 aliphatic heterocycles. The third-order valence-electron chi connectivity index (χ3n) is 3.86. The first-order chi connectivity index (χ1) is 9.88. The van der Waals surface area contributed by atoms with E-state index < -0.39 is 0 Å². The van der Waals surface area contributed by atoms with E-state index in [2.05, 4.69) is 10.3 Å². The molecule has 4 nitrogen and oxygen atoms in total. The van der Waals surface area contributed by atoms with Crippen LogP contribution in [-0.2, 0) is 0 Å². The molecule has 1 fully saturated rings. The fourth-order valence-electron chi connectivity index (χ4n) is 2.69. The quantitative estimate of drug-likeness (QED) is 0.929. The lowest BCUT2D eigenvalue weighted by Crippen LogP contribution is -2.30. The monoisotopic (exact) mass is 272 g/mol. The maximum absolute atomic E-state index is 5.96. The molecule has 0 unspecified atom stereocenters. The Balaban J connectivity index is 1.80. The lowest BCUT2D eigenvalue weighted by atomic mass is 9.99. The number of nitrogens with one attached hydrogen (secondary N) is 1. The molecule has 0 radical (unpaired) electrons. The third-order valence-corrected chi connectivity index (χ3v) is 3.86. The minimum atomic E-state index is 0.624. The molecular weight excluding hydrogens is 252 g/mol. The maximum Gasteiger partial charge on any atom is 0.221 e. The molecule has 4 heteroatoms. The van der Waals surface area contributed by atoms with E-state index in [-0.39, 0.29) is 0 Å². The van der Waals surface area contributed by atoms with Crippen LogP contribution >= 0.6 is 0 Å². The number of benzene rings is 1. The van der Waals surface area contributed by atoms with E-state index in [9.17, 15) is 0 Å². The summed E-state index contributed by atoms with van der Waals surface area (Å²) in [4.78, 5) is 4.37. The summed E-state index contributed by atoms with van der Waals surface area (Å²) in [5.74, 6) is 2.19. The Labute approximate surface area is 119 Å². The van der Waals surface area contributed by atoms with Gasteiger partial charge in [-0.3, -0.25) is 0 Å². The summed E-state index contributed by atoms with van der Waals surface area (Å²) in [5, 5.41) is 5.43. The predicted molar refractivity (Wildman–Crippen MR) is 79.4 cm³/mol. The molecule has 0 saturated carbocycles. The van der Waals surface area contributed by atoms with Gasteiger partial charge in [-0.15, -0.1) is 0 Å². The van der Waals surface area contributed by atoms with Gasteiger partial charge >= 0.3 is 0 Å². The molecule has 106 valence electrons. The molecular formula is C16H20N2O2. The van der Waals surface area contributed by atoms with Crippen LogP contribution in [0.5, 0.6) is 11.6 Å². The van der Waals surface area contributed by atoms with Crippen molar-refractivity contribution in [3.05, 3.63) is 30.5 Å². The van der Waals surface area contributed by atoms with Crippen molar-refractivity contribution in [2.45, 2.75) is 12.8 Å². The van der Waals surface area contributed by atoms with E-state index in [1.165, 1.54) is 12.8 Å². The molecule has 3 rings (SSSR count). The maximum atomic E-state index is 5.96. The summed E-state index contributed by atoms with van der Waals surface area (Å²) >= 11 is 0. The van der Waals surface area contributed by atoms with Gasteiger partial charge < -0.3 is 14.8 Å². The Bertz CT molecular complexity index is 580. The van der Waals surface area contributed by atoms with Gasteiger partial charge in [-0.2, -0.15) is 0 Å². The van der Waals surface area contributed by atoms with Gasteiger partial charge in [-0.25, -0.2) is 4.98 Å². The minimum Gasteiger partial charge on any atom is -0.496 e. The lowest BCUT2D eigenvalue weighted by Gasteiger charge is -2.22. The number of nitrogens with zero attached hydrogens (tertiary/aromatic N) is 1. The van der Waals surface area contributed by atoms with Crippen molar-refractivity contribution in [2.24, 2.45) is 5.92 Å². The zero-order valence-corrected chi connectivity index (χ0v) is 11.8. The molecule has 20 heavy (non-hydrogen) atoms. The Hall–Kier alpha value is -1.81. The fourth-order valence-corrected chi connectivity index (χ4v) is 2.69. The van der Waals surface area contributed by atoms with Crippen LogP contribution < -0.4 is 14.8 Å². The standard InChI is InChI=1S/C16H20N2O2/c1-19-15-4-2-3-14-13(15)7-10-18-16(14)20-11-12-5-8-17-9-6-12/h2-4,7,10,12,17H,5-6,8-9,11H2,1H3. The van der Waals surface area contributed by atoms with Crippen LogP contribution in [0.4, 0.5) is 0 Å². The third kappa shape index (κ3) is 2.70. The average Bonchev–Trinajstić information content (AvgIpc) is 2.53. The van der Waals surface area contributed by atoms with Crippen molar-refractivity contribution >= 4 is 10.8 Å². The summed E-state index contributed by atoms with van der Waals surface area (Å²) in [6.07, 6.45) is 4.13. The van der Waals surface area contributed by atoms with Crippen molar-refractivity contribution in [1.82, 2.24) is 10.3 Å². The van der Waals surface area contributed by atoms with Crippen LogP contribution in [0.15, 0.2) is 30.5 Å². The van der Waals surface area contributed by atoms with Gasteiger partial charge in [0.25, 0.3) is 0 Å². The van der Waals surface area contributed by atoms with E-state index >= 15 is 0 Å². The van der Waals surface area contributed by atoms with Crippen LogP contribution in [0.1, 0.15) is 12.8 Å². The van der Waals surface area contributed by atoms with Crippen molar-refractivity contribution in [1.29, 1.82) is 0 Å². The first-order valence-electron chi connectivity index (χ1n) is 7.13. The van der Waals surface area contributed by atoms with Gasteiger partial charge in [0.2, 0.25) is 5.88 Å². The zero-order chi connectivity index (χ0) is 13.8. The van der Waals surface area contributed by atoms with Gasteiger partial charge in [-0.05, 0) is 50.0 Å². The van der Waals surface area contributed by atoms with Crippen molar-refractivity contribution in [2.75, 3.05) is 26.8 Å². The van der Waals surface area contributed by atoms with E-state index in [0.717, 1.165) is 36.2 Å². The van der Waals surface area contributed by atoms with Crippen LogP contribution in [0.2, 0.25) is 0 Å². The minimum absolute atomic E-state index is 0.624.